The SMILES string of the molecule is C[C@H]1[C@H]2CC[C@@H](Nc3nc(Cl)ncc3Br)[C@@H]12. The van der Waals surface area contributed by atoms with Crippen LogP contribution in [0.2, 0.25) is 5.28 Å². The zero-order chi connectivity index (χ0) is 11.3. The maximum atomic E-state index is 5.79. The Morgan fingerprint density at radius 3 is 3.00 bits per heavy atom. The van der Waals surface area contributed by atoms with E-state index in [4.69, 9.17) is 11.6 Å². The smallest absolute Gasteiger partial charge is 0.224 e. The van der Waals surface area contributed by atoms with E-state index in [0.717, 1.165) is 28.0 Å². The molecule has 0 unspecified atom stereocenters. The van der Waals surface area contributed by atoms with E-state index in [1.165, 1.54) is 12.8 Å². The summed E-state index contributed by atoms with van der Waals surface area (Å²) in [5.74, 6) is 3.47. The van der Waals surface area contributed by atoms with Crippen LogP contribution in [-0.4, -0.2) is 16.0 Å². The fourth-order valence-electron chi connectivity index (χ4n) is 3.06. The van der Waals surface area contributed by atoms with Crippen molar-refractivity contribution in [1.82, 2.24) is 9.97 Å². The Morgan fingerprint density at radius 2 is 2.31 bits per heavy atom. The first-order valence-electron chi connectivity index (χ1n) is 5.61. The highest BCUT2D eigenvalue weighted by Gasteiger charge is 2.55. The fraction of sp³-hybridized carbons (Fsp3) is 0.636. The van der Waals surface area contributed by atoms with Gasteiger partial charge in [0.25, 0.3) is 0 Å². The molecular formula is C11H13BrClN3. The monoisotopic (exact) mass is 301 g/mol. The molecule has 3 rings (SSSR count). The van der Waals surface area contributed by atoms with Crippen LogP contribution in [-0.2, 0) is 0 Å². The van der Waals surface area contributed by atoms with Gasteiger partial charge in [0.1, 0.15) is 5.82 Å². The van der Waals surface area contributed by atoms with Gasteiger partial charge in [-0.15, -0.1) is 0 Å². The molecule has 1 aromatic heterocycles. The number of hydrogen-bond acceptors (Lipinski definition) is 3. The molecular weight excluding hydrogens is 289 g/mol. The van der Waals surface area contributed by atoms with Crippen LogP contribution in [0.5, 0.6) is 0 Å². The average Bonchev–Trinajstić information content (AvgIpc) is 2.72. The average molecular weight is 303 g/mol. The normalized spacial score (nSPS) is 35.9. The van der Waals surface area contributed by atoms with E-state index < -0.39 is 0 Å². The molecule has 0 saturated heterocycles. The molecule has 1 aromatic rings. The number of halogens is 2. The number of fused-ring (bicyclic) bond motifs is 1. The van der Waals surface area contributed by atoms with Crippen molar-refractivity contribution in [3.8, 4) is 0 Å². The third-order valence-electron chi connectivity index (χ3n) is 3.95. The summed E-state index contributed by atoms with van der Waals surface area (Å²) in [6.07, 6.45) is 4.29. The van der Waals surface area contributed by atoms with Crippen LogP contribution in [0.25, 0.3) is 0 Å². The van der Waals surface area contributed by atoms with Crippen molar-refractivity contribution >= 4 is 33.3 Å². The Hall–Kier alpha value is -0.350. The number of aromatic nitrogens is 2. The van der Waals surface area contributed by atoms with Gasteiger partial charge in [0.05, 0.1) is 4.47 Å². The Balaban J connectivity index is 1.76. The van der Waals surface area contributed by atoms with Crippen LogP contribution < -0.4 is 5.32 Å². The molecule has 2 saturated carbocycles. The second kappa shape index (κ2) is 3.84. The molecule has 2 aliphatic carbocycles. The lowest BCUT2D eigenvalue weighted by Gasteiger charge is -2.16. The number of nitrogens with one attached hydrogen (secondary N) is 1. The summed E-state index contributed by atoms with van der Waals surface area (Å²) < 4.78 is 0.883. The zero-order valence-electron chi connectivity index (χ0n) is 8.95. The lowest BCUT2D eigenvalue weighted by atomic mass is 10.1. The molecule has 3 nitrogen and oxygen atoms in total. The Kier molecular flexibility index (Phi) is 2.59. The number of rotatable bonds is 2. The van der Waals surface area contributed by atoms with Crippen LogP contribution in [0.4, 0.5) is 5.82 Å². The van der Waals surface area contributed by atoms with Crippen LogP contribution in [0.1, 0.15) is 19.8 Å². The van der Waals surface area contributed by atoms with Gasteiger partial charge in [0.2, 0.25) is 5.28 Å². The van der Waals surface area contributed by atoms with Crippen LogP contribution in [0.3, 0.4) is 0 Å². The number of hydrogen-bond donors (Lipinski definition) is 1. The molecule has 0 amide bonds. The van der Waals surface area contributed by atoms with Crippen LogP contribution >= 0.6 is 27.5 Å². The van der Waals surface area contributed by atoms with E-state index in [1.54, 1.807) is 6.20 Å². The molecule has 0 aliphatic heterocycles. The highest BCUT2D eigenvalue weighted by Crippen LogP contribution is 2.57. The van der Waals surface area contributed by atoms with Crippen molar-refractivity contribution in [3.05, 3.63) is 16.0 Å². The quantitative estimate of drug-likeness (QED) is 0.851. The van der Waals surface area contributed by atoms with Gasteiger partial charge in [-0.05, 0) is 58.1 Å². The van der Waals surface area contributed by atoms with Gasteiger partial charge < -0.3 is 5.32 Å². The molecule has 0 spiro atoms. The molecule has 0 bridgehead atoms. The molecule has 5 heteroatoms. The molecule has 1 heterocycles. The predicted octanol–water partition coefficient (Wildman–Crippen LogP) is 3.35. The first kappa shape index (κ1) is 10.8. The lowest BCUT2D eigenvalue weighted by Crippen LogP contribution is -2.21. The summed E-state index contributed by atoms with van der Waals surface area (Å²) in [5.41, 5.74) is 0. The van der Waals surface area contributed by atoms with E-state index in [2.05, 4.69) is 38.1 Å². The second-order valence-corrected chi connectivity index (χ2v) is 5.96. The van der Waals surface area contributed by atoms with Gasteiger partial charge in [-0.25, -0.2) is 4.98 Å². The number of nitrogens with zero attached hydrogens (tertiary/aromatic N) is 2. The standard InChI is InChI=1S/C11H13BrClN3/c1-5-6-2-3-8(9(5)6)15-10-7(12)4-14-11(13)16-10/h4-6,8-9H,2-3H2,1H3,(H,14,15,16)/t5-,6+,8+,9-/m0/s1. The molecule has 0 radical (unpaired) electrons. The first-order chi connectivity index (χ1) is 7.66. The minimum atomic E-state index is 0.295. The van der Waals surface area contributed by atoms with Crippen molar-refractivity contribution in [2.75, 3.05) is 5.32 Å². The van der Waals surface area contributed by atoms with Crippen molar-refractivity contribution in [1.29, 1.82) is 0 Å². The van der Waals surface area contributed by atoms with Gasteiger partial charge in [-0.1, -0.05) is 6.92 Å². The van der Waals surface area contributed by atoms with Gasteiger partial charge >= 0.3 is 0 Å². The minimum Gasteiger partial charge on any atom is -0.366 e. The lowest BCUT2D eigenvalue weighted by molar-refractivity contribution is 0.576. The summed E-state index contributed by atoms with van der Waals surface area (Å²) in [5, 5.41) is 3.78. The van der Waals surface area contributed by atoms with Crippen molar-refractivity contribution in [2.45, 2.75) is 25.8 Å². The highest BCUT2D eigenvalue weighted by atomic mass is 79.9. The molecule has 0 aromatic carbocycles. The third-order valence-corrected chi connectivity index (χ3v) is 4.71. The zero-order valence-corrected chi connectivity index (χ0v) is 11.3. The predicted molar refractivity (Wildman–Crippen MR) is 67.5 cm³/mol. The van der Waals surface area contributed by atoms with Crippen molar-refractivity contribution in [3.63, 3.8) is 0 Å². The van der Waals surface area contributed by atoms with Crippen LogP contribution in [0, 0.1) is 17.8 Å². The van der Waals surface area contributed by atoms with Gasteiger partial charge in [0, 0.05) is 12.2 Å². The molecule has 1 N–H and O–H groups in total. The third kappa shape index (κ3) is 1.72. The van der Waals surface area contributed by atoms with E-state index in [0.29, 0.717) is 11.3 Å². The van der Waals surface area contributed by atoms with E-state index in [-0.39, 0.29) is 0 Å². The Bertz CT molecular complexity index is 426. The summed E-state index contributed by atoms with van der Waals surface area (Å²) in [6.45, 7) is 2.34. The summed E-state index contributed by atoms with van der Waals surface area (Å²) in [6, 6.07) is 0.558. The number of anilines is 1. The van der Waals surface area contributed by atoms with E-state index in [1.807, 2.05) is 0 Å². The van der Waals surface area contributed by atoms with Gasteiger partial charge in [0.15, 0.2) is 0 Å². The van der Waals surface area contributed by atoms with Gasteiger partial charge in [-0.3, -0.25) is 0 Å². The molecule has 2 aliphatic rings. The summed E-state index contributed by atoms with van der Waals surface area (Å²) in [7, 11) is 0. The van der Waals surface area contributed by atoms with Gasteiger partial charge in [-0.2, -0.15) is 4.98 Å². The maximum absolute atomic E-state index is 5.79. The molecule has 2 fully saturated rings. The van der Waals surface area contributed by atoms with Crippen LogP contribution in [0.15, 0.2) is 10.7 Å². The molecule has 86 valence electrons. The fourth-order valence-corrected chi connectivity index (χ4v) is 3.49. The second-order valence-electron chi connectivity index (χ2n) is 4.76. The largest absolute Gasteiger partial charge is 0.366 e. The molecule has 4 atom stereocenters. The van der Waals surface area contributed by atoms with Crippen molar-refractivity contribution < 1.29 is 0 Å². The maximum Gasteiger partial charge on any atom is 0.224 e. The minimum absolute atomic E-state index is 0.295. The first-order valence-corrected chi connectivity index (χ1v) is 6.78. The van der Waals surface area contributed by atoms with E-state index in [9.17, 15) is 0 Å². The summed E-state index contributed by atoms with van der Waals surface area (Å²) >= 11 is 9.23. The molecule has 16 heavy (non-hydrogen) atoms. The Labute approximate surface area is 108 Å². The Morgan fingerprint density at radius 1 is 1.50 bits per heavy atom. The summed E-state index contributed by atoms with van der Waals surface area (Å²) in [4.78, 5) is 8.14. The topological polar surface area (TPSA) is 37.8 Å². The van der Waals surface area contributed by atoms with E-state index >= 15 is 0 Å². The van der Waals surface area contributed by atoms with Crippen molar-refractivity contribution in [2.24, 2.45) is 17.8 Å². The highest BCUT2D eigenvalue weighted by molar-refractivity contribution is 9.10.